The molecule has 0 aromatic rings. The van der Waals surface area contributed by atoms with Crippen LogP contribution in [0.3, 0.4) is 0 Å². The lowest BCUT2D eigenvalue weighted by Crippen LogP contribution is -2.46. The number of halogens is 1. The summed E-state index contributed by atoms with van der Waals surface area (Å²) < 4.78 is 6.19. The van der Waals surface area contributed by atoms with Crippen LogP contribution >= 0.6 is 23.4 Å². The minimum absolute atomic E-state index is 0.209. The standard InChI is InChI=1S/C15H27ClOS/c1-12(16)10-14(2,3)13-4-7-17-15(11-13)5-8-18-9-6-15/h12-13H,4-11H2,1-3H3. The van der Waals surface area contributed by atoms with Crippen LogP contribution in [0.5, 0.6) is 0 Å². The molecule has 2 aliphatic heterocycles. The summed E-state index contributed by atoms with van der Waals surface area (Å²) in [5.74, 6) is 3.33. The Labute approximate surface area is 121 Å². The van der Waals surface area contributed by atoms with E-state index in [4.69, 9.17) is 16.3 Å². The van der Waals surface area contributed by atoms with Crippen molar-refractivity contribution in [3.63, 3.8) is 0 Å². The van der Waals surface area contributed by atoms with Crippen molar-refractivity contribution in [2.45, 2.75) is 63.9 Å². The molecule has 0 bridgehead atoms. The minimum atomic E-state index is 0.209. The van der Waals surface area contributed by atoms with Crippen LogP contribution in [0, 0.1) is 11.3 Å². The Kier molecular flexibility index (Phi) is 4.94. The molecule has 2 heterocycles. The molecular formula is C15H27ClOS. The molecule has 3 heteroatoms. The van der Waals surface area contributed by atoms with Crippen LogP contribution < -0.4 is 0 Å². The van der Waals surface area contributed by atoms with Crippen LogP contribution in [0.1, 0.15) is 52.9 Å². The van der Waals surface area contributed by atoms with E-state index < -0.39 is 0 Å². The van der Waals surface area contributed by atoms with Crippen LogP contribution in [0.15, 0.2) is 0 Å². The number of hydrogen-bond donors (Lipinski definition) is 0. The number of hydrogen-bond acceptors (Lipinski definition) is 2. The second-order valence-corrected chi connectivity index (χ2v) is 8.78. The van der Waals surface area contributed by atoms with Crippen LogP contribution in [-0.2, 0) is 4.74 Å². The van der Waals surface area contributed by atoms with Gasteiger partial charge in [0, 0.05) is 12.0 Å². The first-order valence-electron chi connectivity index (χ1n) is 7.29. The van der Waals surface area contributed by atoms with Crippen molar-refractivity contribution in [3.8, 4) is 0 Å². The highest BCUT2D eigenvalue weighted by atomic mass is 35.5. The minimum Gasteiger partial charge on any atom is -0.375 e. The van der Waals surface area contributed by atoms with Gasteiger partial charge >= 0.3 is 0 Å². The Balaban J connectivity index is 2.01. The summed E-state index contributed by atoms with van der Waals surface area (Å²) >= 11 is 8.30. The fourth-order valence-electron chi connectivity index (χ4n) is 3.68. The van der Waals surface area contributed by atoms with Gasteiger partial charge in [-0.1, -0.05) is 13.8 Å². The number of thioether (sulfide) groups is 1. The van der Waals surface area contributed by atoms with E-state index in [1.807, 2.05) is 0 Å². The van der Waals surface area contributed by atoms with Gasteiger partial charge < -0.3 is 4.74 Å². The molecule has 2 aliphatic rings. The monoisotopic (exact) mass is 290 g/mol. The van der Waals surface area contributed by atoms with Crippen LogP contribution in [0.4, 0.5) is 0 Å². The van der Waals surface area contributed by atoms with E-state index in [-0.39, 0.29) is 11.0 Å². The summed E-state index contributed by atoms with van der Waals surface area (Å²) in [4.78, 5) is 0. The first-order chi connectivity index (χ1) is 8.44. The van der Waals surface area contributed by atoms with Gasteiger partial charge in [0.25, 0.3) is 0 Å². The lowest BCUT2D eigenvalue weighted by molar-refractivity contribution is -0.121. The predicted molar refractivity (Wildman–Crippen MR) is 81.7 cm³/mol. The summed E-state index contributed by atoms with van der Waals surface area (Å²) in [6.45, 7) is 7.87. The Morgan fingerprint density at radius 3 is 2.67 bits per heavy atom. The summed E-state index contributed by atoms with van der Waals surface area (Å²) in [5.41, 5.74) is 0.559. The van der Waals surface area contributed by atoms with Crippen molar-refractivity contribution in [1.82, 2.24) is 0 Å². The topological polar surface area (TPSA) is 9.23 Å². The van der Waals surface area contributed by atoms with E-state index >= 15 is 0 Å². The average molecular weight is 291 g/mol. The smallest absolute Gasteiger partial charge is 0.0701 e. The fraction of sp³-hybridized carbons (Fsp3) is 1.00. The molecule has 2 unspecified atom stereocenters. The van der Waals surface area contributed by atoms with Crippen molar-refractivity contribution in [3.05, 3.63) is 0 Å². The van der Waals surface area contributed by atoms with Crippen LogP contribution in [0.25, 0.3) is 0 Å². The zero-order valence-electron chi connectivity index (χ0n) is 12.0. The normalized spacial score (nSPS) is 30.3. The maximum absolute atomic E-state index is 6.22. The first kappa shape index (κ1) is 15.0. The molecule has 1 spiro atoms. The molecule has 2 atom stereocenters. The largest absolute Gasteiger partial charge is 0.375 e. The van der Waals surface area contributed by atoms with Gasteiger partial charge in [-0.15, -0.1) is 11.6 Å². The molecule has 0 N–H and O–H groups in total. The van der Waals surface area contributed by atoms with Gasteiger partial charge in [0.2, 0.25) is 0 Å². The maximum Gasteiger partial charge on any atom is 0.0701 e. The van der Waals surface area contributed by atoms with E-state index in [0.29, 0.717) is 5.41 Å². The molecule has 2 saturated heterocycles. The third kappa shape index (κ3) is 3.58. The van der Waals surface area contributed by atoms with Crippen LogP contribution in [-0.4, -0.2) is 29.1 Å². The second-order valence-electron chi connectivity index (χ2n) is 6.81. The predicted octanol–water partition coefficient (Wildman–Crippen LogP) is 4.72. The Morgan fingerprint density at radius 2 is 2.06 bits per heavy atom. The van der Waals surface area contributed by atoms with E-state index in [9.17, 15) is 0 Å². The molecule has 0 radical (unpaired) electrons. The number of alkyl halides is 1. The van der Waals surface area contributed by atoms with Gasteiger partial charge in [-0.2, -0.15) is 11.8 Å². The van der Waals surface area contributed by atoms with E-state index in [1.54, 1.807) is 0 Å². The van der Waals surface area contributed by atoms with Gasteiger partial charge in [0.1, 0.15) is 0 Å². The SMILES string of the molecule is CC(Cl)CC(C)(C)C1CCOC2(CCSCC2)C1. The van der Waals surface area contributed by atoms with E-state index in [2.05, 4.69) is 32.5 Å². The molecule has 0 amide bonds. The van der Waals surface area contributed by atoms with Gasteiger partial charge in [-0.25, -0.2) is 0 Å². The molecule has 0 saturated carbocycles. The maximum atomic E-state index is 6.22. The lowest BCUT2D eigenvalue weighted by Gasteiger charge is -2.48. The van der Waals surface area contributed by atoms with Crippen molar-refractivity contribution >= 4 is 23.4 Å². The molecule has 0 aromatic carbocycles. The summed E-state index contributed by atoms with van der Waals surface area (Å²) in [6, 6.07) is 0. The van der Waals surface area contributed by atoms with Crippen LogP contribution in [0.2, 0.25) is 0 Å². The van der Waals surface area contributed by atoms with Gasteiger partial charge in [-0.3, -0.25) is 0 Å². The van der Waals surface area contributed by atoms with Crippen molar-refractivity contribution in [2.75, 3.05) is 18.1 Å². The van der Waals surface area contributed by atoms with Crippen molar-refractivity contribution < 1.29 is 4.74 Å². The molecular weight excluding hydrogens is 264 g/mol. The molecule has 2 rings (SSSR count). The number of ether oxygens (including phenoxy) is 1. The highest BCUT2D eigenvalue weighted by Gasteiger charge is 2.43. The molecule has 0 aromatic heterocycles. The summed E-state index contributed by atoms with van der Waals surface area (Å²) in [6.07, 6.45) is 6.08. The Bertz CT molecular complexity index is 266. The van der Waals surface area contributed by atoms with Gasteiger partial charge in [-0.05, 0) is 61.9 Å². The lowest BCUT2D eigenvalue weighted by atomic mass is 9.67. The highest BCUT2D eigenvalue weighted by Crippen LogP contribution is 2.47. The third-order valence-electron chi connectivity index (χ3n) is 4.81. The molecule has 1 nitrogen and oxygen atoms in total. The molecule has 18 heavy (non-hydrogen) atoms. The molecule has 0 aliphatic carbocycles. The molecule has 106 valence electrons. The quantitative estimate of drug-likeness (QED) is 0.696. The Morgan fingerprint density at radius 1 is 1.39 bits per heavy atom. The summed E-state index contributed by atoms with van der Waals surface area (Å²) in [5, 5.41) is 0.278. The van der Waals surface area contributed by atoms with Gasteiger partial charge in [0.15, 0.2) is 0 Å². The zero-order valence-corrected chi connectivity index (χ0v) is 13.6. The highest BCUT2D eigenvalue weighted by molar-refractivity contribution is 7.99. The summed E-state index contributed by atoms with van der Waals surface area (Å²) in [7, 11) is 0. The fourth-order valence-corrected chi connectivity index (χ4v) is 5.31. The van der Waals surface area contributed by atoms with E-state index in [0.717, 1.165) is 18.9 Å². The third-order valence-corrected chi connectivity index (χ3v) is 5.95. The Hall–Kier alpha value is 0.600. The average Bonchev–Trinajstić information content (AvgIpc) is 2.28. The van der Waals surface area contributed by atoms with Crippen molar-refractivity contribution in [1.29, 1.82) is 0 Å². The van der Waals surface area contributed by atoms with Crippen molar-refractivity contribution in [2.24, 2.45) is 11.3 Å². The number of rotatable bonds is 3. The van der Waals surface area contributed by atoms with E-state index in [1.165, 1.54) is 37.2 Å². The molecule has 2 fully saturated rings. The second kappa shape index (κ2) is 5.93. The first-order valence-corrected chi connectivity index (χ1v) is 8.88. The van der Waals surface area contributed by atoms with Gasteiger partial charge in [0.05, 0.1) is 5.60 Å². The zero-order chi connectivity index (χ0) is 13.2.